The van der Waals surface area contributed by atoms with Gasteiger partial charge in [0.2, 0.25) is 0 Å². The fraction of sp³-hybridized carbons (Fsp3) is 0.647. The molecule has 1 N–H and O–H groups in total. The molecule has 0 heterocycles. The second kappa shape index (κ2) is 7.09. The van der Waals surface area contributed by atoms with Gasteiger partial charge >= 0.3 is 0 Å². The molecule has 1 aromatic carbocycles. The molecule has 0 aliphatic heterocycles. The van der Waals surface area contributed by atoms with E-state index >= 15 is 0 Å². The molecule has 1 aromatic rings. The summed E-state index contributed by atoms with van der Waals surface area (Å²) in [5.41, 5.74) is 0.986. The van der Waals surface area contributed by atoms with Crippen LogP contribution >= 0.6 is 0 Å². The molecule has 0 saturated heterocycles. The first kappa shape index (κ1) is 15.3. The lowest BCUT2D eigenvalue weighted by Gasteiger charge is -2.36. The van der Waals surface area contributed by atoms with Gasteiger partial charge < -0.3 is 14.7 Å². The van der Waals surface area contributed by atoms with Gasteiger partial charge in [-0.2, -0.15) is 0 Å². The van der Waals surface area contributed by atoms with Crippen molar-refractivity contribution in [1.82, 2.24) is 4.90 Å². The highest BCUT2D eigenvalue weighted by molar-refractivity contribution is 5.30. The minimum absolute atomic E-state index is 0.359. The fourth-order valence-electron chi connectivity index (χ4n) is 3.42. The van der Waals surface area contributed by atoms with Crippen molar-refractivity contribution in [3.8, 4) is 5.75 Å². The van der Waals surface area contributed by atoms with Gasteiger partial charge in [-0.3, -0.25) is 0 Å². The molecule has 1 aliphatic rings. The van der Waals surface area contributed by atoms with Crippen LogP contribution in [0.4, 0.5) is 0 Å². The van der Waals surface area contributed by atoms with Crippen molar-refractivity contribution in [2.24, 2.45) is 11.8 Å². The van der Waals surface area contributed by atoms with Crippen molar-refractivity contribution in [2.45, 2.75) is 31.8 Å². The highest BCUT2D eigenvalue weighted by atomic mass is 16.5. The third kappa shape index (κ3) is 3.74. The number of ether oxygens (including phenoxy) is 1. The van der Waals surface area contributed by atoms with Crippen LogP contribution in [0.3, 0.4) is 0 Å². The van der Waals surface area contributed by atoms with Crippen molar-refractivity contribution in [3.05, 3.63) is 29.8 Å². The standard InChI is InChI=1S/C17H27NO2/c1-18(2)12-14-7-4-5-10-16(14)17(19)13-8-6-9-15(11-13)20-3/h6,8-9,11,14,16-17,19H,4-5,7,10,12H2,1-3H3/t14-,16?,17-/m1/s1. The zero-order valence-electron chi connectivity index (χ0n) is 12.9. The second-order valence-electron chi connectivity index (χ2n) is 6.19. The maximum Gasteiger partial charge on any atom is 0.119 e. The van der Waals surface area contributed by atoms with E-state index in [9.17, 15) is 5.11 Å². The van der Waals surface area contributed by atoms with Gasteiger partial charge in [0.15, 0.2) is 0 Å². The molecule has 0 amide bonds. The Labute approximate surface area is 122 Å². The summed E-state index contributed by atoms with van der Waals surface area (Å²) in [7, 11) is 5.90. The van der Waals surface area contributed by atoms with E-state index in [2.05, 4.69) is 19.0 Å². The molecule has 3 atom stereocenters. The van der Waals surface area contributed by atoms with Gasteiger partial charge in [-0.25, -0.2) is 0 Å². The molecule has 0 spiro atoms. The Morgan fingerprint density at radius 3 is 2.75 bits per heavy atom. The summed E-state index contributed by atoms with van der Waals surface area (Å²) in [4.78, 5) is 2.24. The molecule has 0 aromatic heterocycles. The third-order valence-corrected chi connectivity index (χ3v) is 4.41. The summed E-state index contributed by atoms with van der Waals surface area (Å²) in [5.74, 6) is 1.76. The number of methoxy groups -OCH3 is 1. The van der Waals surface area contributed by atoms with E-state index in [4.69, 9.17) is 4.74 Å². The van der Waals surface area contributed by atoms with Gasteiger partial charge in [0.1, 0.15) is 5.75 Å². The summed E-state index contributed by atoms with van der Waals surface area (Å²) in [5, 5.41) is 10.8. The van der Waals surface area contributed by atoms with Gasteiger partial charge in [-0.1, -0.05) is 25.0 Å². The summed E-state index contributed by atoms with van der Waals surface area (Å²) in [6, 6.07) is 7.86. The van der Waals surface area contributed by atoms with Crippen LogP contribution in [0.15, 0.2) is 24.3 Å². The Morgan fingerprint density at radius 2 is 2.05 bits per heavy atom. The van der Waals surface area contributed by atoms with E-state index in [1.807, 2.05) is 24.3 Å². The Bertz CT molecular complexity index is 419. The average molecular weight is 277 g/mol. The van der Waals surface area contributed by atoms with Gasteiger partial charge in [0.05, 0.1) is 13.2 Å². The number of aliphatic hydroxyl groups is 1. The summed E-state index contributed by atoms with van der Waals surface area (Å²) >= 11 is 0. The van der Waals surface area contributed by atoms with Gasteiger partial charge in [0.25, 0.3) is 0 Å². The maximum atomic E-state index is 10.8. The SMILES string of the molecule is COc1cccc([C@@H](O)C2CCCC[C@@H]2CN(C)C)c1. The Balaban J connectivity index is 2.13. The van der Waals surface area contributed by atoms with Crippen molar-refractivity contribution in [2.75, 3.05) is 27.7 Å². The Kier molecular flexibility index (Phi) is 5.44. The molecule has 1 saturated carbocycles. The molecule has 1 aliphatic carbocycles. The third-order valence-electron chi connectivity index (χ3n) is 4.41. The topological polar surface area (TPSA) is 32.7 Å². The zero-order chi connectivity index (χ0) is 14.5. The number of nitrogens with zero attached hydrogens (tertiary/aromatic N) is 1. The number of hydrogen-bond acceptors (Lipinski definition) is 3. The number of aliphatic hydroxyl groups excluding tert-OH is 1. The molecule has 20 heavy (non-hydrogen) atoms. The van der Waals surface area contributed by atoms with Gasteiger partial charge in [-0.05, 0) is 56.5 Å². The van der Waals surface area contributed by atoms with E-state index in [1.165, 1.54) is 19.3 Å². The number of rotatable bonds is 5. The quantitative estimate of drug-likeness (QED) is 0.897. The first-order chi connectivity index (χ1) is 9.61. The summed E-state index contributed by atoms with van der Waals surface area (Å²) < 4.78 is 5.26. The van der Waals surface area contributed by atoms with Gasteiger partial charge in [0, 0.05) is 6.54 Å². The predicted molar refractivity (Wildman–Crippen MR) is 82.0 cm³/mol. The van der Waals surface area contributed by atoms with Crippen LogP contribution in [0.25, 0.3) is 0 Å². The maximum absolute atomic E-state index is 10.8. The summed E-state index contributed by atoms with van der Waals surface area (Å²) in [6.45, 7) is 1.06. The van der Waals surface area contributed by atoms with Crippen molar-refractivity contribution >= 4 is 0 Å². The molecule has 2 rings (SSSR count). The second-order valence-corrected chi connectivity index (χ2v) is 6.19. The first-order valence-electron chi connectivity index (χ1n) is 7.58. The van der Waals surface area contributed by atoms with Crippen LogP contribution in [0.5, 0.6) is 5.75 Å². The van der Waals surface area contributed by atoms with E-state index in [-0.39, 0.29) is 6.10 Å². The highest BCUT2D eigenvalue weighted by Gasteiger charge is 2.31. The first-order valence-corrected chi connectivity index (χ1v) is 7.58. The van der Waals surface area contributed by atoms with Crippen LogP contribution in [-0.4, -0.2) is 37.8 Å². The molecule has 1 fully saturated rings. The van der Waals surface area contributed by atoms with Crippen molar-refractivity contribution in [1.29, 1.82) is 0 Å². The average Bonchev–Trinajstić information content (AvgIpc) is 2.46. The molecule has 0 bridgehead atoms. The van der Waals surface area contributed by atoms with Crippen LogP contribution in [0.2, 0.25) is 0 Å². The van der Waals surface area contributed by atoms with Crippen molar-refractivity contribution in [3.63, 3.8) is 0 Å². The largest absolute Gasteiger partial charge is 0.497 e. The van der Waals surface area contributed by atoms with Gasteiger partial charge in [-0.15, -0.1) is 0 Å². The monoisotopic (exact) mass is 277 g/mol. The van der Waals surface area contributed by atoms with Crippen LogP contribution in [0.1, 0.15) is 37.4 Å². The molecule has 3 nitrogen and oxygen atoms in total. The Morgan fingerprint density at radius 1 is 1.30 bits per heavy atom. The van der Waals surface area contributed by atoms with Crippen LogP contribution < -0.4 is 4.74 Å². The minimum atomic E-state index is -0.379. The lowest BCUT2D eigenvalue weighted by atomic mass is 9.74. The molecule has 1 unspecified atom stereocenters. The number of hydrogen-bond donors (Lipinski definition) is 1. The minimum Gasteiger partial charge on any atom is -0.497 e. The lowest BCUT2D eigenvalue weighted by molar-refractivity contribution is 0.0369. The number of benzene rings is 1. The highest BCUT2D eigenvalue weighted by Crippen LogP contribution is 2.39. The Hall–Kier alpha value is -1.06. The van der Waals surface area contributed by atoms with Crippen LogP contribution in [0, 0.1) is 11.8 Å². The van der Waals surface area contributed by atoms with Crippen molar-refractivity contribution < 1.29 is 9.84 Å². The normalized spacial score (nSPS) is 24.6. The lowest BCUT2D eigenvalue weighted by Crippen LogP contribution is -2.33. The van der Waals surface area contributed by atoms with E-state index in [1.54, 1.807) is 7.11 Å². The predicted octanol–water partition coefficient (Wildman–Crippen LogP) is 3.10. The van der Waals surface area contributed by atoms with E-state index < -0.39 is 0 Å². The molecular formula is C17H27NO2. The van der Waals surface area contributed by atoms with E-state index in [0.717, 1.165) is 24.3 Å². The van der Waals surface area contributed by atoms with Crippen LogP contribution in [-0.2, 0) is 0 Å². The molecule has 0 radical (unpaired) electrons. The smallest absolute Gasteiger partial charge is 0.119 e. The zero-order valence-corrected chi connectivity index (χ0v) is 12.9. The summed E-state index contributed by atoms with van der Waals surface area (Å²) in [6.07, 6.45) is 4.49. The molecular weight excluding hydrogens is 250 g/mol. The fourth-order valence-corrected chi connectivity index (χ4v) is 3.42. The molecule has 112 valence electrons. The molecule has 3 heteroatoms. The van der Waals surface area contributed by atoms with E-state index in [0.29, 0.717) is 11.8 Å².